The van der Waals surface area contributed by atoms with E-state index in [1.165, 1.54) is 0 Å². The van der Waals surface area contributed by atoms with Gasteiger partial charge >= 0.3 is 0 Å². The van der Waals surface area contributed by atoms with Crippen LogP contribution < -0.4 is 15.2 Å². The number of benzene rings is 1. The van der Waals surface area contributed by atoms with Crippen LogP contribution in [-0.2, 0) is 0 Å². The summed E-state index contributed by atoms with van der Waals surface area (Å²) in [6.45, 7) is 2.14. The Kier molecular flexibility index (Phi) is 3.23. The molecule has 2 rings (SSSR count). The van der Waals surface area contributed by atoms with Gasteiger partial charge in [0, 0.05) is 29.3 Å². The molecular formula is C11H14ClNO3. The standard InChI is InChI=1S/C11H14ClNO3/c1-6-10(8(13)2-3-14)7(12)4-9-11(6)16-5-15-9/h4,8,14H,2-3,5,13H2,1H3. The fourth-order valence-electron chi connectivity index (χ4n) is 1.92. The summed E-state index contributed by atoms with van der Waals surface area (Å²) in [6, 6.07) is 1.43. The molecule has 16 heavy (non-hydrogen) atoms. The zero-order chi connectivity index (χ0) is 11.7. The van der Waals surface area contributed by atoms with Crippen LogP contribution in [0.3, 0.4) is 0 Å². The number of hydrogen-bond donors (Lipinski definition) is 2. The van der Waals surface area contributed by atoms with Gasteiger partial charge in [-0.2, -0.15) is 0 Å². The molecule has 1 aromatic carbocycles. The maximum absolute atomic E-state index is 8.89. The first-order valence-corrected chi connectivity index (χ1v) is 5.48. The summed E-state index contributed by atoms with van der Waals surface area (Å²) < 4.78 is 10.6. The highest BCUT2D eigenvalue weighted by Crippen LogP contribution is 2.42. The van der Waals surface area contributed by atoms with Crippen molar-refractivity contribution in [2.45, 2.75) is 19.4 Å². The van der Waals surface area contributed by atoms with Crippen LogP contribution in [-0.4, -0.2) is 18.5 Å². The van der Waals surface area contributed by atoms with Gasteiger partial charge in [-0.05, 0) is 18.9 Å². The van der Waals surface area contributed by atoms with E-state index in [0.29, 0.717) is 22.9 Å². The quantitative estimate of drug-likeness (QED) is 0.849. The van der Waals surface area contributed by atoms with E-state index in [-0.39, 0.29) is 19.4 Å². The van der Waals surface area contributed by atoms with E-state index in [0.717, 1.165) is 11.1 Å². The molecule has 1 unspecified atom stereocenters. The van der Waals surface area contributed by atoms with E-state index >= 15 is 0 Å². The summed E-state index contributed by atoms with van der Waals surface area (Å²) in [5, 5.41) is 9.45. The Morgan fingerprint density at radius 2 is 2.31 bits per heavy atom. The van der Waals surface area contributed by atoms with Gasteiger partial charge in [0.05, 0.1) is 0 Å². The Bertz CT molecular complexity index is 409. The van der Waals surface area contributed by atoms with Gasteiger partial charge in [-0.15, -0.1) is 0 Å². The van der Waals surface area contributed by atoms with Crippen molar-refractivity contribution in [3.8, 4) is 11.5 Å². The number of fused-ring (bicyclic) bond motifs is 1. The molecule has 1 atom stereocenters. The van der Waals surface area contributed by atoms with Gasteiger partial charge in [-0.3, -0.25) is 0 Å². The fourth-order valence-corrected chi connectivity index (χ4v) is 2.30. The second kappa shape index (κ2) is 4.49. The minimum atomic E-state index is -0.285. The van der Waals surface area contributed by atoms with Gasteiger partial charge in [0.2, 0.25) is 6.79 Å². The summed E-state index contributed by atoms with van der Waals surface area (Å²) in [5.74, 6) is 1.36. The monoisotopic (exact) mass is 243 g/mol. The third kappa shape index (κ3) is 1.84. The Hall–Kier alpha value is -0.970. The number of aliphatic hydroxyl groups excluding tert-OH is 1. The lowest BCUT2D eigenvalue weighted by Crippen LogP contribution is -2.14. The lowest BCUT2D eigenvalue weighted by Gasteiger charge is -2.16. The van der Waals surface area contributed by atoms with Crippen molar-refractivity contribution < 1.29 is 14.6 Å². The zero-order valence-corrected chi connectivity index (χ0v) is 9.75. The van der Waals surface area contributed by atoms with Crippen LogP contribution in [0.15, 0.2) is 6.07 Å². The summed E-state index contributed by atoms with van der Waals surface area (Å²) in [4.78, 5) is 0. The molecule has 1 aliphatic heterocycles. The van der Waals surface area contributed by atoms with Crippen molar-refractivity contribution >= 4 is 11.6 Å². The van der Waals surface area contributed by atoms with Crippen LogP contribution in [0.25, 0.3) is 0 Å². The van der Waals surface area contributed by atoms with Crippen LogP contribution in [0.4, 0.5) is 0 Å². The third-order valence-corrected chi connectivity index (χ3v) is 3.02. The molecule has 1 aliphatic rings. The molecule has 0 spiro atoms. The SMILES string of the molecule is Cc1c2c(cc(Cl)c1C(N)CCO)OCO2. The van der Waals surface area contributed by atoms with Crippen LogP contribution in [0, 0.1) is 6.92 Å². The largest absolute Gasteiger partial charge is 0.454 e. The molecule has 0 aromatic heterocycles. The van der Waals surface area contributed by atoms with Crippen LogP contribution in [0.2, 0.25) is 5.02 Å². The van der Waals surface area contributed by atoms with Crippen LogP contribution in [0.1, 0.15) is 23.6 Å². The minimum Gasteiger partial charge on any atom is -0.454 e. The van der Waals surface area contributed by atoms with E-state index < -0.39 is 0 Å². The summed E-state index contributed by atoms with van der Waals surface area (Å²) in [6.07, 6.45) is 0.472. The normalized spacial score (nSPS) is 15.2. The number of ether oxygens (including phenoxy) is 2. The lowest BCUT2D eigenvalue weighted by atomic mass is 9.98. The Morgan fingerprint density at radius 1 is 1.56 bits per heavy atom. The number of nitrogens with two attached hydrogens (primary N) is 1. The fraction of sp³-hybridized carbons (Fsp3) is 0.455. The molecule has 3 N–H and O–H groups in total. The second-order valence-electron chi connectivity index (χ2n) is 3.75. The van der Waals surface area contributed by atoms with Gasteiger partial charge in [-0.1, -0.05) is 11.6 Å². The molecule has 0 saturated carbocycles. The number of aliphatic hydroxyl groups is 1. The average Bonchev–Trinajstić information content (AvgIpc) is 2.66. The molecule has 0 bridgehead atoms. The number of rotatable bonds is 3. The molecule has 0 saturated heterocycles. The molecule has 0 amide bonds. The minimum absolute atomic E-state index is 0.0331. The third-order valence-electron chi connectivity index (χ3n) is 2.71. The first-order valence-electron chi connectivity index (χ1n) is 5.10. The van der Waals surface area contributed by atoms with E-state index in [1.54, 1.807) is 6.07 Å². The number of halogens is 1. The average molecular weight is 244 g/mol. The zero-order valence-electron chi connectivity index (χ0n) is 9.00. The van der Waals surface area contributed by atoms with Gasteiger partial charge in [0.25, 0.3) is 0 Å². The highest BCUT2D eigenvalue weighted by Gasteiger charge is 2.23. The van der Waals surface area contributed by atoms with Crippen molar-refractivity contribution in [1.29, 1.82) is 0 Å². The molecule has 0 aliphatic carbocycles. The van der Waals surface area contributed by atoms with Crippen molar-refractivity contribution in [2.75, 3.05) is 13.4 Å². The molecule has 1 heterocycles. The van der Waals surface area contributed by atoms with E-state index in [4.69, 9.17) is 31.9 Å². The first-order chi connectivity index (χ1) is 7.65. The second-order valence-corrected chi connectivity index (χ2v) is 4.16. The molecule has 0 radical (unpaired) electrons. The predicted molar refractivity (Wildman–Crippen MR) is 60.9 cm³/mol. The van der Waals surface area contributed by atoms with E-state index in [1.807, 2.05) is 6.92 Å². The highest BCUT2D eigenvalue weighted by molar-refractivity contribution is 6.31. The van der Waals surface area contributed by atoms with Crippen molar-refractivity contribution in [3.05, 3.63) is 22.2 Å². The first kappa shape index (κ1) is 11.5. The summed E-state index contributed by atoms with van der Waals surface area (Å²) in [5.41, 5.74) is 7.67. The van der Waals surface area contributed by atoms with Gasteiger partial charge in [-0.25, -0.2) is 0 Å². The summed E-state index contributed by atoms with van der Waals surface area (Å²) in [7, 11) is 0. The summed E-state index contributed by atoms with van der Waals surface area (Å²) >= 11 is 6.15. The van der Waals surface area contributed by atoms with Crippen molar-refractivity contribution in [2.24, 2.45) is 5.73 Å². The molecule has 5 heteroatoms. The van der Waals surface area contributed by atoms with Crippen LogP contribution >= 0.6 is 11.6 Å². The Labute approximate surface area is 98.9 Å². The Balaban J connectivity index is 2.45. The maximum atomic E-state index is 8.89. The number of hydrogen-bond acceptors (Lipinski definition) is 4. The predicted octanol–water partition coefficient (Wildman–Crippen LogP) is 1.76. The highest BCUT2D eigenvalue weighted by atomic mass is 35.5. The van der Waals surface area contributed by atoms with E-state index in [9.17, 15) is 0 Å². The molecule has 88 valence electrons. The molecular weight excluding hydrogens is 230 g/mol. The van der Waals surface area contributed by atoms with Crippen molar-refractivity contribution in [1.82, 2.24) is 0 Å². The van der Waals surface area contributed by atoms with Gasteiger partial charge in [0.15, 0.2) is 11.5 Å². The van der Waals surface area contributed by atoms with Crippen molar-refractivity contribution in [3.63, 3.8) is 0 Å². The van der Waals surface area contributed by atoms with Crippen LogP contribution in [0.5, 0.6) is 11.5 Å². The Morgan fingerprint density at radius 3 is 3.00 bits per heavy atom. The molecule has 4 nitrogen and oxygen atoms in total. The topological polar surface area (TPSA) is 64.7 Å². The van der Waals surface area contributed by atoms with Gasteiger partial charge < -0.3 is 20.3 Å². The van der Waals surface area contributed by atoms with Gasteiger partial charge in [0.1, 0.15) is 0 Å². The molecule has 0 fully saturated rings. The smallest absolute Gasteiger partial charge is 0.231 e. The lowest BCUT2D eigenvalue weighted by molar-refractivity contribution is 0.173. The van der Waals surface area contributed by atoms with E-state index in [2.05, 4.69) is 0 Å². The maximum Gasteiger partial charge on any atom is 0.231 e. The molecule has 1 aromatic rings.